The Bertz CT molecular complexity index is 1190. The largest absolute Gasteiger partial charge is 0.497 e. The van der Waals surface area contributed by atoms with E-state index in [0.717, 1.165) is 30.5 Å². The van der Waals surface area contributed by atoms with Gasteiger partial charge in [0.2, 0.25) is 11.8 Å². The van der Waals surface area contributed by atoms with Crippen LogP contribution in [0.15, 0.2) is 42.5 Å². The van der Waals surface area contributed by atoms with Gasteiger partial charge in [0.1, 0.15) is 11.5 Å². The predicted octanol–water partition coefficient (Wildman–Crippen LogP) is 3.73. The van der Waals surface area contributed by atoms with Crippen LogP contribution in [0.5, 0.6) is 11.5 Å². The number of amides is 2. The Labute approximate surface area is 186 Å². The normalized spacial score (nSPS) is 20.3. The Balaban J connectivity index is 1.33. The number of aromatic amines is 1. The number of nitrogens with one attached hydrogen (secondary N) is 2. The molecule has 5 rings (SSSR count). The minimum Gasteiger partial charge on any atom is -0.497 e. The summed E-state index contributed by atoms with van der Waals surface area (Å²) in [5, 5.41) is 4.45. The number of rotatable bonds is 5. The molecule has 0 unspecified atom stereocenters. The number of fused-ring (bicyclic) bond motifs is 3. The van der Waals surface area contributed by atoms with Crippen LogP contribution >= 0.6 is 0 Å². The zero-order valence-corrected chi connectivity index (χ0v) is 18.3. The van der Waals surface area contributed by atoms with Crippen molar-refractivity contribution in [3.05, 3.63) is 53.7 Å². The van der Waals surface area contributed by atoms with E-state index >= 15 is 0 Å². The van der Waals surface area contributed by atoms with Crippen LogP contribution < -0.4 is 19.7 Å². The van der Waals surface area contributed by atoms with Gasteiger partial charge in [-0.05, 0) is 43.0 Å². The standard InChI is InChI=1S/C25H27N3O4/c1-31-16-10-11-21(22(13-16)32-2)28-14-15(12-23(28)29)25(30)27-20-9-5-7-18-17-6-3-4-8-19(17)26-24(18)20/h3-4,6,8,10-11,13,15,20,26H,5,7,9,12,14H2,1-2H3,(H,27,30)/t15-,20-/m0/s1. The fourth-order valence-electron chi connectivity index (χ4n) is 4.97. The van der Waals surface area contributed by atoms with Crippen molar-refractivity contribution in [1.29, 1.82) is 0 Å². The van der Waals surface area contributed by atoms with Gasteiger partial charge in [-0.2, -0.15) is 0 Å². The SMILES string of the molecule is COc1ccc(N2C[C@@H](C(=O)N[C@H]3CCCc4c3[nH]c3ccccc43)CC2=O)c(OC)c1. The van der Waals surface area contributed by atoms with E-state index in [1.54, 1.807) is 37.3 Å². The lowest BCUT2D eigenvalue weighted by Gasteiger charge is -2.25. The molecule has 2 N–H and O–H groups in total. The number of ether oxygens (including phenoxy) is 2. The van der Waals surface area contributed by atoms with Crippen molar-refractivity contribution in [2.75, 3.05) is 25.7 Å². The number of carbonyl (C=O) groups excluding carboxylic acids is 2. The van der Waals surface area contributed by atoms with Gasteiger partial charge < -0.3 is 24.7 Å². The maximum absolute atomic E-state index is 13.2. The summed E-state index contributed by atoms with van der Waals surface area (Å²) < 4.78 is 10.7. The average Bonchev–Trinajstić information content (AvgIpc) is 3.40. The average molecular weight is 434 g/mol. The summed E-state index contributed by atoms with van der Waals surface area (Å²) >= 11 is 0. The topological polar surface area (TPSA) is 83.7 Å². The molecule has 1 aromatic heterocycles. The first-order chi connectivity index (χ1) is 15.6. The van der Waals surface area contributed by atoms with Crippen molar-refractivity contribution < 1.29 is 19.1 Å². The molecular weight excluding hydrogens is 406 g/mol. The quantitative estimate of drug-likeness (QED) is 0.642. The number of carbonyl (C=O) groups is 2. The third kappa shape index (κ3) is 3.47. The molecule has 2 atom stereocenters. The molecule has 2 amide bonds. The van der Waals surface area contributed by atoms with E-state index in [1.165, 1.54) is 10.9 Å². The number of nitrogens with zero attached hydrogens (tertiary/aromatic N) is 1. The van der Waals surface area contributed by atoms with Crippen LogP contribution in [-0.2, 0) is 16.0 Å². The lowest BCUT2D eigenvalue weighted by molar-refractivity contribution is -0.127. The predicted molar refractivity (Wildman–Crippen MR) is 122 cm³/mol. The highest BCUT2D eigenvalue weighted by atomic mass is 16.5. The lowest BCUT2D eigenvalue weighted by Crippen LogP contribution is -2.37. The van der Waals surface area contributed by atoms with Crippen LogP contribution in [0.25, 0.3) is 10.9 Å². The molecule has 1 aliphatic carbocycles. The summed E-state index contributed by atoms with van der Waals surface area (Å²) in [6.45, 7) is 0.333. The molecule has 2 heterocycles. The van der Waals surface area contributed by atoms with Crippen LogP contribution in [0.4, 0.5) is 5.69 Å². The minimum atomic E-state index is -0.399. The first-order valence-corrected chi connectivity index (χ1v) is 11.0. The van der Waals surface area contributed by atoms with Gasteiger partial charge in [0.15, 0.2) is 0 Å². The molecule has 7 nitrogen and oxygen atoms in total. The Kier molecular flexibility index (Phi) is 5.25. The summed E-state index contributed by atoms with van der Waals surface area (Å²) in [5.41, 5.74) is 4.16. The number of aryl methyl sites for hydroxylation is 1. The van der Waals surface area contributed by atoms with Crippen molar-refractivity contribution in [2.45, 2.75) is 31.7 Å². The molecule has 32 heavy (non-hydrogen) atoms. The molecule has 3 aromatic rings. The maximum atomic E-state index is 13.2. The highest BCUT2D eigenvalue weighted by molar-refractivity contribution is 6.01. The van der Waals surface area contributed by atoms with Crippen LogP contribution in [0, 0.1) is 5.92 Å². The molecule has 1 aliphatic heterocycles. The van der Waals surface area contributed by atoms with E-state index in [0.29, 0.717) is 23.7 Å². The third-order valence-corrected chi connectivity index (χ3v) is 6.60. The zero-order valence-electron chi connectivity index (χ0n) is 18.3. The van der Waals surface area contributed by atoms with Gasteiger partial charge in [0.25, 0.3) is 0 Å². The van der Waals surface area contributed by atoms with E-state index < -0.39 is 5.92 Å². The van der Waals surface area contributed by atoms with Crippen LogP contribution in [-0.4, -0.2) is 37.6 Å². The second kappa shape index (κ2) is 8.22. The van der Waals surface area contributed by atoms with Crippen molar-refractivity contribution in [3.8, 4) is 11.5 Å². The molecule has 0 bridgehead atoms. The van der Waals surface area contributed by atoms with Crippen LogP contribution in [0.1, 0.15) is 36.6 Å². The van der Waals surface area contributed by atoms with E-state index in [4.69, 9.17) is 9.47 Å². The summed E-state index contributed by atoms with van der Waals surface area (Å²) in [5.74, 6) is 0.643. The molecule has 2 aliphatic rings. The number of para-hydroxylation sites is 1. The Morgan fingerprint density at radius 1 is 1.16 bits per heavy atom. The number of aromatic nitrogens is 1. The number of H-pyrrole nitrogens is 1. The van der Waals surface area contributed by atoms with Gasteiger partial charge >= 0.3 is 0 Å². The van der Waals surface area contributed by atoms with Crippen LogP contribution in [0.2, 0.25) is 0 Å². The third-order valence-electron chi connectivity index (χ3n) is 6.60. The van der Waals surface area contributed by atoms with Crippen molar-refractivity contribution in [3.63, 3.8) is 0 Å². The zero-order chi connectivity index (χ0) is 22.2. The van der Waals surface area contributed by atoms with E-state index in [2.05, 4.69) is 22.4 Å². The summed E-state index contributed by atoms with van der Waals surface area (Å²) in [6.07, 6.45) is 3.12. The van der Waals surface area contributed by atoms with E-state index in [-0.39, 0.29) is 24.3 Å². The Hall–Kier alpha value is -3.48. The highest BCUT2D eigenvalue weighted by Gasteiger charge is 2.37. The molecule has 0 radical (unpaired) electrons. The fourth-order valence-corrected chi connectivity index (χ4v) is 4.97. The second-order valence-corrected chi connectivity index (χ2v) is 8.46. The van der Waals surface area contributed by atoms with E-state index in [1.807, 2.05) is 12.1 Å². The minimum absolute atomic E-state index is 0.0571. The molecule has 1 saturated heterocycles. The van der Waals surface area contributed by atoms with Gasteiger partial charge in [-0.3, -0.25) is 9.59 Å². The number of anilines is 1. The molecule has 2 aromatic carbocycles. The molecule has 0 saturated carbocycles. The van der Waals surface area contributed by atoms with Crippen LogP contribution in [0.3, 0.4) is 0 Å². The summed E-state index contributed by atoms with van der Waals surface area (Å²) in [4.78, 5) is 31.1. The molecule has 7 heteroatoms. The summed E-state index contributed by atoms with van der Waals surface area (Å²) in [7, 11) is 3.14. The first-order valence-electron chi connectivity index (χ1n) is 11.0. The van der Waals surface area contributed by atoms with Gasteiger partial charge in [0.05, 0.1) is 31.9 Å². The molecule has 1 fully saturated rings. The Morgan fingerprint density at radius 2 is 2.00 bits per heavy atom. The second-order valence-electron chi connectivity index (χ2n) is 8.46. The lowest BCUT2D eigenvalue weighted by atomic mass is 9.91. The first kappa shape index (κ1) is 20.4. The monoisotopic (exact) mass is 433 g/mol. The number of benzene rings is 2. The Morgan fingerprint density at radius 3 is 2.81 bits per heavy atom. The van der Waals surface area contributed by atoms with Crippen molar-refractivity contribution >= 4 is 28.4 Å². The number of hydrogen-bond acceptors (Lipinski definition) is 4. The fraction of sp³-hybridized carbons (Fsp3) is 0.360. The van der Waals surface area contributed by atoms with Gasteiger partial charge in [-0.25, -0.2) is 0 Å². The summed E-state index contributed by atoms with van der Waals surface area (Å²) in [6, 6.07) is 13.5. The van der Waals surface area contributed by atoms with Gasteiger partial charge in [-0.15, -0.1) is 0 Å². The highest BCUT2D eigenvalue weighted by Crippen LogP contribution is 2.37. The number of methoxy groups -OCH3 is 2. The maximum Gasteiger partial charge on any atom is 0.227 e. The van der Waals surface area contributed by atoms with E-state index in [9.17, 15) is 9.59 Å². The molecule has 166 valence electrons. The number of hydrogen-bond donors (Lipinski definition) is 2. The molecular formula is C25H27N3O4. The van der Waals surface area contributed by atoms with Crippen molar-refractivity contribution in [1.82, 2.24) is 10.3 Å². The van der Waals surface area contributed by atoms with Crippen molar-refractivity contribution in [2.24, 2.45) is 5.92 Å². The van der Waals surface area contributed by atoms with Gasteiger partial charge in [-0.1, -0.05) is 18.2 Å². The van der Waals surface area contributed by atoms with Gasteiger partial charge in [0, 0.05) is 35.6 Å². The smallest absolute Gasteiger partial charge is 0.227 e. The molecule has 0 spiro atoms.